The fourth-order valence-corrected chi connectivity index (χ4v) is 2.91. The van der Waals surface area contributed by atoms with Gasteiger partial charge >= 0.3 is 7.60 Å². The van der Waals surface area contributed by atoms with E-state index >= 15 is 0 Å². The molecule has 1 atom stereocenters. The molecule has 0 radical (unpaired) electrons. The van der Waals surface area contributed by atoms with E-state index < -0.39 is 7.60 Å². The SMILES string of the molecule is COc1ccc(OP(=O)(OC)c2ccccc2)cc1. The summed E-state index contributed by atoms with van der Waals surface area (Å²) in [6, 6.07) is 15.7. The van der Waals surface area contributed by atoms with Crippen molar-refractivity contribution in [3.05, 3.63) is 54.6 Å². The summed E-state index contributed by atoms with van der Waals surface area (Å²) in [5.41, 5.74) is 0. The first-order valence-corrected chi connectivity index (χ1v) is 7.27. The van der Waals surface area contributed by atoms with Crippen LogP contribution in [0.15, 0.2) is 54.6 Å². The molecular weight excluding hydrogens is 263 g/mol. The van der Waals surface area contributed by atoms with Gasteiger partial charge in [0.05, 0.1) is 12.4 Å². The Balaban J connectivity index is 2.25. The molecule has 0 aliphatic heterocycles. The van der Waals surface area contributed by atoms with Gasteiger partial charge in [-0.05, 0) is 36.4 Å². The van der Waals surface area contributed by atoms with Crippen molar-refractivity contribution in [2.75, 3.05) is 14.2 Å². The first-order valence-electron chi connectivity index (χ1n) is 5.73. The molecule has 0 aromatic heterocycles. The fourth-order valence-electron chi connectivity index (χ4n) is 1.58. The van der Waals surface area contributed by atoms with Crippen LogP contribution < -0.4 is 14.6 Å². The zero-order chi connectivity index (χ0) is 13.7. The minimum Gasteiger partial charge on any atom is -0.497 e. The molecule has 0 amide bonds. The lowest BCUT2D eigenvalue weighted by atomic mass is 10.3. The molecule has 0 saturated carbocycles. The number of hydrogen-bond acceptors (Lipinski definition) is 4. The van der Waals surface area contributed by atoms with Crippen LogP contribution in [0.5, 0.6) is 11.5 Å². The summed E-state index contributed by atoms with van der Waals surface area (Å²) in [6.45, 7) is 0. The average molecular weight is 278 g/mol. The summed E-state index contributed by atoms with van der Waals surface area (Å²) in [5, 5.41) is 0.522. The lowest BCUT2D eigenvalue weighted by Crippen LogP contribution is -2.10. The Kier molecular flexibility index (Phi) is 4.25. The minimum absolute atomic E-state index is 0.467. The van der Waals surface area contributed by atoms with Crippen molar-refractivity contribution in [2.24, 2.45) is 0 Å². The molecule has 0 N–H and O–H groups in total. The zero-order valence-electron chi connectivity index (χ0n) is 10.8. The standard InChI is InChI=1S/C14H15O4P/c1-16-12-8-10-13(11-9-12)18-19(15,17-2)14-6-4-3-5-7-14/h3-11H,1-2H3. The molecule has 0 aliphatic carbocycles. The van der Waals surface area contributed by atoms with E-state index in [-0.39, 0.29) is 0 Å². The molecule has 0 spiro atoms. The molecule has 0 heterocycles. The Hall–Kier alpha value is -1.77. The van der Waals surface area contributed by atoms with Crippen LogP contribution in [0.4, 0.5) is 0 Å². The maximum Gasteiger partial charge on any atom is 0.410 e. The van der Waals surface area contributed by atoms with Crippen LogP contribution in [0.1, 0.15) is 0 Å². The van der Waals surface area contributed by atoms with Crippen LogP contribution >= 0.6 is 7.60 Å². The summed E-state index contributed by atoms with van der Waals surface area (Å²) in [4.78, 5) is 0. The monoisotopic (exact) mass is 278 g/mol. The van der Waals surface area contributed by atoms with Gasteiger partial charge < -0.3 is 9.26 Å². The van der Waals surface area contributed by atoms with Crippen molar-refractivity contribution in [2.45, 2.75) is 0 Å². The van der Waals surface area contributed by atoms with Gasteiger partial charge in [0.1, 0.15) is 11.5 Å². The molecule has 19 heavy (non-hydrogen) atoms. The molecule has 2 rings (SSSR count). The third-order valence-electron chi connectivity index (χ3n) is 2.60. The molecule has 5 heteroatoms. The molecule has 2 aromatic carbocycles. The van der Waals surface area contributed by atoms with E-state index in [0.29, 0.717) is 16.8 Å². The first-order chi connectivity index (χ1) is 9.18. The molecule has 0 bridgehead atoms. The molecular formula is C14H15O4P. The van der Waals surface area contributed by atoms with Crippen LogP contribution in [0.2, 0.25) is 0 Å². The predicted molar refractivity (Wildman–Crippen MR) is 74.3 cm³/mol. The van der Waals surface area contributed by atoms with Crippen molar-refractivity contribution < 1.29 is 18.3 Å². The van der Waals surface area contributed by atoms with E-state index in [9.17, 15) is 4.57 Å². The smallest absolute Gasteiger partial charge is 0.410 e. The first kappa shape index (κ1) is 13.7. The van der Waals surface area contributed by atoms with Crippen molar-refractivity contribution in [3.8, 4) is 11.5 Å². The third kappa shape index (κ3) is 3.16. The summed E-state index contributed by atoms with van der Waals surface area (Å²) >= 11 is 0. The van der Waals surface area contributed by atoms with Crippen molar-refractivity contribution in [3.63, 3.8) is 0 Å². The highest BCUT2D eigenvalue weighted by Gasteiger charge is 2.27. The molecule has 100 valence electrons. The number of benzene rings is 2. The Morgan fingerprint density at radius 3 is 1.95 bits per heavy atom. The summed E-state index contributed by atoms with van der Waals surface area (Å²) in [5.74, 6) is 1.18. The van der Waals surface area contributed by atoms with Crippen LogP contribution in [0.3, 0.4) is 0 Å². The van der Waals surface area contributed by atoms with Gasteiger partial charge in [0.25, 0.3) is 0 Å². The van der Waals surface area contributed by atoms with Crippen molar-refractivity contribution >= 4 is 12.9 Å². The average Bonchev–Trinajstić information content (AvgIpc) is 2.49. The van der Waals surface area contributed by atoms with Gasteiger partial charge in [-0.2, -0.15) is 0 Å². The second-order valence-corrected chi connectivity index (χ2v) is 5.84. The van der Waals surface area contributed by atoms with Crippen molar-refractivity contribution in [1.29, 1.82) is 0 Å². The van der Waals surface area contributed by atoms with Crippen molar-refractivity contribution in [1.82, 2.24) is 0 Å². The summed E-state index contributed by atoms with van der Waals surface area (Å²) in [6.07, 6.45) is 0. The number of hydrogen-bond donors (Lipinski definition) is 0. The Labute approximate surface area is 112 Å². The van der Waals surface area contributed by atoms with Gasteiger partial charge in [-0.3, -0.25) is 4.52 Å². The maximum atomic E-state index is 12.6. The van der Waals surface area contributed by atoms with Gasteiger partial charge in [0, 0.05) is 7.11 Å². The predicted octanol–water partition coefficient (Wildman–Crippen LogP) is 3.24. The molecule has 0 fully saturated rings. The van der Waals surface area contributed by atoms with E-state index in [0.717, 1.165) is 0 Å². The molecule has 0 aliphatic rings. The third-order valence-corrected chi connectivity index (χ3v) is 4.46. The van der Waals surface area contributed by atoms with Crippen LogP contribution in [0, 0.1) is 0 Å². The van der Waals surface area contributed by atoms with Gasteiger partial charge in [0.2, 0.25) is 0 Å². The molecule has 0 saturated heterocycles. The largest absolute Gasteiger partial charge is 0.497 e. The quantitative estimate of drug-likeness (QED) is 0.788. The number of ether oxygens (including phenoxy) is 1. The summed E-state index contributed by atoms with van der Waals surface area (Å²) < 4.78 is 28.3. The Bertz CT molecular complexity index is 566. The van der Waals surface area contributed by atoms with Crippen LogP contribution in [-0.2, 0) is 9.09 Å². The molecule has 1 unspecified atom stereocenters. The highest BCUT2D eigenvalue weighted by molar-refractivity contribution is 7.62. The van der Waals surface area contributed by atoms with Gasteiger partial charge in [0.15, 0.2) is 0 Å². The second-order valence-electron chi connectivity index (χ2n) is 3.78. The second kappa shape index (κ2) is 5.91. The van der Waals surface area contributed by atoms with Crippen LogP contribution in [0.25, 0.3) is 0 Å². The normalized spacial score (nSPS) is 13.6. The topological polar surface area (TPSA) is 44.8 Å². The van der Waals surface area contributed by atoms with E-state index in [2.05, 4.69) is 0 Å². The Morgan fingerprint density at radius 2 is 1.42 bits per heavy atom. The maximum absolute atomic E-state index is 12.6. The van der Waals surface area contributed by atoms with Crippen LogP contribution in [-0.4, -0.2) is 14.2 Å². The lowest BCUT2D eigenvalue weighted by Gasteiger charge is -2.17. The van der Waals surface area contributed by atoms with Gasteiger partial charge in [-0.25, -0.2) is 4.57 Å². The van der Waals surface area contributed by atoms with Gasteiger partial charge in [-0.15, -0.1) is 0 Å². The minimum atomic E-state index is -3.34. The lowest BCUT2D eigenvalue weighted by molar-refractivity contribution is 0.333. The van der Waals surface area contributed by atoms with Gasteiger partial charge in [-0.1, -0.05) is 18.2 Å². The zero-order valence-corrected chi connectivity index (χ0v) is 11.7. The highest BCUT2D eigenvalue weighted by Crippen LogP contribution is 2.46. The summed E-state index contributed by atoms with van der Waals surface area (Å²) in [7, 11) is -0.383. The van der Waals surface area contributed by atoms with E-state index in [1.165, 1.54) is 7.11 Å². The molecule has 2 aromatic rings. The highest BCUT2D eigenvalue weighted by atomic mass is 31.2. The molecule has 4 nitrogen and oxygen atoms in total. The Morgan fingerprint density at radius 1 is 0.842 bits per heavy atom. The van der Waals surface area contributed by atoms with E-state index in [1.807, 2.05) is 6.07 Å². The van der Waals surface area contributed by atoms with E-state index in [4.69, 9.17) is 13.8 Å². The number of methoxy groups -OCH3 is 1. The number of rotatable bonds is 5. The van der Waals surface area contributed by atoms with E-state index in [1.54, 1.807) is 55.6 Å². The fraction of sp³-hybridized carbons (Fsp3) is 0.143.